The number of hydrogen-bond acceptors (Lipinski definition) is 6. The van der Waals surface area contributed by atoms with Crippen LogP contribution < -0.4 is 9.47 Å². The predicted molar refractivity (Wildman–Crippen MR) is 141 cm³/mol. The van der Waals surface area contributed by atoms with Gasteiger partial charge in [0.05, 0.1) is 14.2 Å². The lowest BCUT2D eigenvalue weighted by Crippen LogP contribution is -2.58. The molecule has 0 amide bonds. The van der Waals surface area contributed by atoms with Gasteiger partial charge in [-0.1, -0.05) is 19.4 Å². The Hall–Kier alpha value is -1.17. The zero-order valence-corrected chi connectivity index (χ0v) is 24.8. The lowest BCUT2D eigenvalue weighted by Gasteiger charge is -2.56. The zero-order chi connectivity index (χ0) is 25.9. The molecule has 2 N–H and O–H groups in total. The monoisotopic (exact) mass is 508 g/mol. The first-order valence-corrected chi connectivity index (χ1v) is 19.0. The van der Waals surface area contributed by atoms with Crippen molar-refractivity contribution < 1.29 is 28.5 Å². The van der Waals surface area contributed by atoms with Gasteiger partial charge in [-0.05, 0) is 76.3 Å². The van der Waals surface area contributed by atoms with Crippen LogP contribution in [0.15, 0.2) is 23.3 Å². The Balaban J connectivity index is 2.49. The largest absolute Gasteiger partial charge is 0.497 e. The number of methoxy groups -OCH3 is 2. The van der Waals surface area contributed by atoms with Crippen LogP contribution in [0.1, 0.15) is 56.9 Å². The first kappa shape index (κ1) is 27.4. The standard InChI is InChI=1S/C26H44O6Si2/c1-16-12-13-26(28)24(32-34(9,10)11)18-14-17(29-4)15-19(30-5)20(18)23(31-33(6,7)8)22(27)21(16)25(26,2)3/h14-15,22-24,27-28H,12-13H2,1-11H3/t22-,23-,24+,26-/m1/s1. The third-order valence-corrected chi connectivity index (χ3v) is 9.14. The van der Waals surface area contributed by atoms with Crippen LogP contribution in [-0.4, -0.2) is 52.8 Å². The second-order valence-electron chi connectivity index (χ2n) is 12.3. The molecule has 2 aliphatic rings. The molecule has 34 heavy (non-hydrogen) atoms. The van der Waals surface area contributed by atoms with E-state index in [0.717, 1.165) is 22.3 Å². The topological polar surface area (TPSA) is 77.4 Å². The molecule has 192 valence electrons. The summed E-state index contributed by atoms with van der Waals surface area (Å²) in [5.74, 6) is 1.19. The summed E-state index contributed by atoms with van der Waals surface area (Å²) in [6.07, 6.45) is -0.981. The maximum atomic E-state index is 12.5. The van der Waals surface area contributed by atoms with E-state index in [4.69, 9.17) is 18.3 Å². The third kappa shape index (κ3) is 4.77. The van der Waals surface area contributed by atoms with Gasteiger partial charge in [-0.25, -0.2) is 0 Å². The van der Waals surface area contributed by atoms with Crippen molar-refractivity contribution in [3.63, 3.8) is 0 Å². The normalized spacial score (nSPS) is 29.3. The van der Waals surface area contributed by atoms with E-state index in [-0.39, 0.29) is 0 Å². The van der Waals surface area contributed by atoms with Crippen LogP contribution in [0.5, 0.6) is 11.5 Å². The fourth-order valence-electron chi connectivity index (χ4n) is 5.69. The minimum atomic E-state index is -2.13. The molecule has 2 aliphatic carbocycles. The molecule has 3 rings (SSSR count). The van der Waals surface area contributed by atoms with Crippen LogP contribution in [0.3, 0.4) is 0 Å². The van der Waals surface area contributed by atoms with Gasteiger partial charge in [-0.3, -0.25) is 0 Å². The molecule has 0 saturated carbocycles. The summed E-state index contributed by atoms with van der Waals surface area (Å²) < 4.78 is 25.1. The molecule has 1 aromatic rings. The highest BCUT2D eigenvalue weighted by Crippen LogP contribution is 2.60. The molecule has 0 aliphatic heterocycles. The van der Waals surface area contributed by atoms with Crippen molar-refractivity contribution in [3.05, 3.63) is 34.4 Å². The number of aliphatic hydroxyl groups excluding tert-OH is 1. The number of allylic oxidation sites excluding steroid dienone is 1. The van der Waals surface area contributed by atoms with Gasteiger partial charge in [-0.2, -0.15) is 0 Å². The minimum Gasteiger partial charge on any atom is -0.497 e. The molecule has 4 atom stereocenters. The van der Waals surface area contributed by atoms with E-state index < -0.39 is 46.0 Å². The summed E-state index contributed by atoms with van der Waals surface area (Å²) in [4.78, 5) is 0. The van der Waals surface area contributed by atoms with Gasteiger partial charge in [0.2, 0.25) is 0 Å². The number of rotatable bonds is 6. The lowest BCUT2D eigenvalue weighted by atomic mass is 9.56. The van der Waals surface area contributed by atoms with Crippen molar-refractivity contribution in [2.75, 3.05) is 14.2 Å². The predicted octanol–water partition coefficient (Wildman–Crippen LogP) is 5.73. The van der Waals surface area contributed by atoms with E-state index in [1.54, 1.807) is 14.2 Å². The Kier molecular flexibility index (Phi) is 7.30. The molecular weight excluding hydrogens is 464 g/mol. The van der Waals surface area contributed by atoms with Gasteiger partial charge < -0.3 is 28.5 Å². The van der Waals surface area contributed by atoms with E-state index in [9.17, 15) is 10.2 Å². The molecule has 0 heterocycles. The maximum Gasteiger partial charge on any atom is 0.184 e. The lowest BCUT2D eigenvalue weighted by molar-refractivity contribution is -0.153. The van der Waals surface area contributed by atoms with Crippen molar-refractivity contribution in [1.82, 2.24) is 0 Å². The van der Waals surface area contributed by atoms with E-state index in [0.29, 0.717) is 24.3 Å². The quantitative estimate of drug-likeness (QED) is 0.377. The van der Waals surface area contributed by atoms with Crippen molar-refractivity contribution in [2.45, 2.75) is 96.8 Å². The van der Waals surface area contributed by atoms with Crippen LogP contribution in [0, 0.1) is 5.41 Å². The molecule has 2 bridgehead atoms. The average Bonchev–Trinajstić information content (AvgIpc) is 2.70. The van der Waals surface area contributed by atoms with Crippen molar-refractivity contribution in [3.8, 4) is 11.5 Å². The zero-order valence-electron chi connectivity index (χ0n) is 22.8. The number of benzene rings is 1. The van der Waals surface area contributed by atoms with Gasteiger partial charge in [0.25, 0.3) is 0 Å². The summed E-state index contributed by atoms with van der Waals surface area (Å²) >= 11 is 0. The highest BCUT2D eigenvalue weighted by atomic mass is 28.4. The number of aliphatic hydroxyl groups is 2. The second-order valence-corrected chi connectivity index (χ2v) is 21.2. The SMILES string of the molecule is COc1cc(OC)c2c(c1)[C@H](O[Si](C)(C)C)[C@]1(O)CCC(C)=C([C@@H](O)[C@@H]2O[Si](C)(C)C)C1(C)C. The number of fused-ring (bicyclic) bond motifs is 3. The van der Waals surface area contributed by atoms with Gasteiger partial charge in [0, 0.05) is 17.0 Å². The first-order valence-electron chi connectivity index (χ1n) is 12.2. The molecule has 0 saturated heterocycles. The molecule has 0 spiro atoms. The van der Waals surface area contributed by atoms with E-state index in [1.165, 1.54) is 0 Å². The molecular formula is C26H44O6Si2. The molecule has 1 aromatic carbocycles. The maximum absolute atomic E-state index is 12.5. The summed E-state index contributed by atoms with van der Waals surface area (Å²) in [5.41, 5.74) is 1.48. The summed E-state index contributed by atoms with van der Waals surface area (Å²) in [6, 6.07) is 3.76. The smallest absolute Gasteiger partial charge is 0.184 e. The van der Waals surface area contributed by atoms with Gasteiger partial charge in [0.15, 0.2) is 16.6 Å². The molecule has 0 radical (unpaired) electrons. The highest BCUT2D eigenvalue weighted by molar-refractivity contribution is 6.70. The van der Waals surface area contributed by atoms with Crippen molar-refractivity contribution >= 4 is 16.6 Å². The number of ether oxygens (including phenoxy) is 2. The van der Waals surface area contributed by atoms with Crippen LogP contribution in [-0.2, 0) is 8.85 Å². The fraction of sp³-hybridized carbons (Fsp3) is 0.692. The van der Waals surface area contributed by atoms with E-state index in [1.807, 2.05) is 26.0 Å². The van der Waals surface area contributed by atoms with Crippen LogP contribution in [0.25, 0.3) is 0 Å². The summed E-state index contributed by atoms with van der Waals surface area (Å²) in [7, 11) is -1.01. The van der Waals surface area contributed by atoms with Crippen molar-refractivity contribution in [1.29, 1.82) is 0 Å². The number of hydrogen-bond donors (Lipinski definition) is 2. The minimum absolute atomic E-state index is 0.537. The van der Waals surface area contributed by atoms with Gasteiger partial charge >= 0.3 is 0 Å². The molecule has 6 nitrogen and oxygen atoms in total. The summed E-state index contributed by atoms with van der Waals surface area (Å²) in [5, 5.41) is 24.5. The molecule has 0 unspecified atom stereocenters. The second kappa shape index (κ2) is 9.05. The van der Waals surface area contributed by atoms with E-state index >= 15 is 0 Å². The van der Waals surface area contributed by atoms with Gasteiger partial charge in [-0.15, -0.1) is 0 Å². The van der Waals surface area contributed by atoms with E-state index in [2.05, 4.69) is 46.2 Å². The van der Waals surface area contributed by atoms with Gasteiger partial charge in [0.1, 0.15) is 35.4 Å². The van der Waals surface area contributed by atoms with Crippen molar-refractivity contribution in [2.24, 2.45) is 5.41 Å². The Morgan fingerprint density at radius 2 is 1.53 bits per heavy atom. The molecule has 0 fully saturated rings. The Bertz CT molecular complexity index is 959. The Labute approximate surface area is 207 Å². The fourth-order valence-corrected chi connectivity index (χ4v) is 7.73. The third-order valence-electron chi connectivity index (χ3n) is 7.23. The highest BCUT2D eigenvalue weighted by Gasteiger charge is 2.59. The Morgan fingerprint density at radius 3 is 2.03 bits per heavy atom. The first-order chi connectivity index (χ1) is 15.5. The average molecular weight is 509 g/mol. The van der Waals surface area contributed by atoms with Crippen LogP contribution in [0.4, 0.5) is 0 Å². The molecule has 8 heteroatoms. The summed E-state index contributed by atoms with van der Waals surface area (Å²) in [6.45, 7) is 18.9. The molecule has 0 aromatic heterocycles. The van der Waals surface area contributed by atoms with Crippen LogP contribution in [0.2, 0.25) is 39.3 Å². The Morgan fingerprint density at radius 1 is 0.941 bits per heavy atom. The van der Waals surface area contributed by atoms with Crippen LogP contribution >= 0.6 is 0 Å².